The van der Waals surface area contributed by atoms with Gasteiger partial charge in [-0.2, -0.15) is 0 Å². The fourth-order valence-corrected chi connectivity index (χ4v) is 1.48. The minimum atomic E-state index is 0.241. The molecule has 2 rings (SSSR count). The van der Waals surface area contributed by atoms with E-state index in [2.05, 4.69) is 15.2 Å². The molecule has 4 nitrogen and oxygen atoms in total. The van der Waals surface area contributed by atoms with Crippen molar-refractivity contribution in [1.82, 2.24) is 15.2 Å². The maximum absolute atomic E-state index is 5.79. The van der Waals surface area contributed by atoms with Crippen molar-refractivity contribution < 1.29 is 4.42 Å². The topological polar surface area (TPSA) is 54.7 Å². The summed E-state index contributed by atoms with van der Waals surface area (Å²) in [5, 5.41) is 6.83. The molecule has 0 aliphatic rings. The van der Waals surface area contributed by atoms with Crippen molar-refractivity contribution in [2.45, 2.75) is 6.92 Å². The zero-order chi connectivity index (χ0) is 10.1. The first kappa shape index (κ1) is 9.36. The lowest BCUT2D eigenvalue weighted by Crippen LogP contribution is -1.85. The first-order valence-corrected chi connectivity index (χ1v) is 4.64. The van der Waals surface area contributed by atoms with Crippen molar-refractivity contribution in [3.05, 3.63) is 27.8 Å². The van der Waals surface area contributed by atoms with Gasteiger partial charge in [0.05, 0.1) is 0 Å². The lowest BCUT2D eigenvalue weighted by Gasteiger charge is -1.97. The van der Waals surface area contributed by atoms with Gasteiger partial charge in [-0.1, -0.05) is 11.6 Å². The normalized spacial score (nSPS) is 10.4. The fourth-order valence-electron chi connectivity index (χ4n) is 1.10. The summed E-state index contributed by atoms with van der Waals surface area (Å²) in [6.07, 6.45) is 0. The van der Waals surface area contributed by atoms with Crippen molar-refractivity contribution in [2.24, 2.45) is 0 Å². The van der Waals surface area contributed by atoms with Crippen molar-refractivity contribution in [3.8, 4) is 11.5 Å². The lowest BCUT2D eigenvalue weighted by atomic mass is 10.2. The molecule has 6 heteroatoms. The minimum Gasteiger partial charge on any atom is -0.409 e. The summed E-state index contributed by atoms with van der Waals surface area (Å²) < 4.78 is 5.14. The Morgan fingerprint density at radius 1 is 1.50 bits per heavy atom. The van der Waals surface area contributed by atoms with Gasteiger partial charge in [0.2, 0.25) is 5.89 Å². The molecular weight excluding hydrogens is 222 g/mol. The van der Waals surface area contributed by atoms with Crippen LogP contribution >= 0.6 is 23.8 Å². The Balaban J connectivity index is 2.56. The quantitative estimate of drug-likeness (QED) is 0.601. The van der Waals surface area contributed by atoms with E-state index in [1.54, 1.807) is 6.07 Å². The van der Waals surface area contributed by atoms with Gasteiger partial charge in [-0.3, -0.25) is 0 Å². The van der Waals surface area contributed by atoms with Crippen LogP contribution in [0.15, 0.2) is 16.5 Å². The summed E-state index contributed by atoms with van der Waals surface area (Å²) in [4.78, 5) is 4.27. The highest BCUT2D eigenvalue weighted by Crippen LogP contribution is 2.20. The molecule has 2 aromatic rings. The van der Waals surface area contributed by atoms with E-state index in [9.17, 15) is 0 Å². The smallest absolute Gasteiger partial charge is 0.284 e. The molecular formula is C8H6ClN3OS. The molecule has 0 spiro atoms. The van der Waals surface area contributed by atoms with E-state index in [4.69, 9.17) is 28.2 Å². The van der Waals surface area contributed by atoms with E-state index in [1.807, 2.05) is 13.0 Å². The maximum Gasteiger partial charge on any atom is 0.284 e. The summed E-state index contributed by atoms with van der Waals surface area (Å²) in [6, 6.07) is 3.49. The second-order valence-corrected chi connectivity index (χ2v) is 3.50. The molecule has 0 unspecified atom stereocenters. The van der Waals surface area contributed by atoms with Gasteiger partial charge in [0.25, 0.3) is 4.84 Å². The third-order valence-corrected chi connectivity index (χ3v) is 1.98. The zero-order valence-electron chi connectivity index (χ0n) is 7.24. The molecule has 2 aromatic heterocycles. The van der Waals surface area contributed by atoms with E-state index in [0.717, 1.165) is 11.3 Å². The van der Waals surface area contributed by atoms with Crippen molar-refractivity contribution in [1.29, 1.82) is 0 Å². The zero-order valence-corrected chi connectivity index (χ0v) is 8.82. The Hall–Kier alpha value is -1.20. The van der Waals surface area contributed by atoms with Crippen molar-refractivity contribution >= 4 is 23.8 Å². The average Bonchev–Trinajstić information content (AvgIpc) is 2.50. The van der Waals surface area contributed by atoms with Gasteiger partial charge in [0, 0.05) is 11.3 Å². The molecule has 0 aliphatic carbocycles. The van der Waals surface area contributed by atoms with Crippen LogP contribution in [0.5, 0.6) is 0 Å². The number of hydrogen-bond acceptors (Lipinski definition) is 4. The van der Waals surface area contributed by atoms with Crippen molar-refractivity contribution in [3.63, 3.8) is 0 Å². The van der Waals surface area contributed by atoms with Gasteiger partial charge in [-0.05, 0) is 31.3 Å². The van der Waals surface area contributed by atoms with Crippen LogP contribution in [0.4, 0.5) is 0 Å². The molecule has 0 aliphatic heterocycles. The van der Waals surface area contributed by atoms with E-state index in [0.29, 0.717) is 11.0 Å². The second-order valence-electron chi connectivity index (χ2n) is 2.74. The number of aryl methyl sites for hydroxylation is 1. The molecule has 0 aromatic carbocycles. The van der Waals surface area contributed by atoms with Gasteiger partial charge < -0.3 is 4.42 Å². The van der Waals surface area contributed by atoms with Gasteiger partial charge in [0.15, 0.2) is 0 Å². The van der Waals surface area contributed by atoms with Crippen LogP contribution in [0, 0.1) is 11.8 Å². The molecule has 0 radical (unpaired) electrons. The monoisotopic (exact) mass is 227 g/mol. The molecule has 0 saturated carbocycles. The first-order chi connectivity index (χ1) is 6.65. The number of aromatic amines is 1. The molecule has 0 fully saturated rings. The number of nitrogens with zero attached hydrogens (tertiary/aromatic N) is 2. The number of halogens is 1. The SMILES string of the molecule is Cc1cc(-c2n[nH]c(=S)o2)cc(Cl)n1. The minimum absolute atomic E-state index is 0.241. The summed E-state index contributed by atoms with van der Waals surface area (Å²) in [6.45, 7) is 1.84. The standard InChI is InChI=1S/C8H6ClN3OS/c1-4-2-5(3-6(9)10-4)7-11-12-8(14)13-7/h2-3H,1H3,(H,12,14). The van der Waals surface area contributed by atoms with Crippen LogP contribution in [-0.2, 0) is 0 Å². The average molecular weight is 228 g/mol. The van der Waals surface area contributed by atoms with Crippen LogP contribution in [0.2, 0.25) is 5.15 Å². The second kappa shape index (κ2) is 3.51. The molecule has 2 heterocycles. The molecule has 72 valence electrons. The largest absolute Gasteiger partial charge is 0.409 e. The third-order valence-electron chi connectivity index (χ3n) is 1.61. The predicted molar refractivity (Wildman–Crippen MR) is 54.7 cm³/mol. The number of nitrogens with one attached hydrogen (secondary N) is 1. The van der Waals surface area contributed by atoms with Crippen LogP contribution in [0.1, 0.15) is 5.69 Å². The molecule has 0 amide bonds. The number of H-pyrrole nitrogens is 1. The number of hydrogen-bond donors (Lipinski definition) is 1. The predicted octanol–water partition coefficient (Wildman–Crippen LogP) is 2.76. The van der Waals surface area contributed by atoms with Gasteiger partial charge in [-0.15, -0.1) is 5.10 Å². The Labute approximate surface area is 89.9 Å². The van der Waals surface area contributed by atoms with E-state index < -0.39 is 0 Å². The highest BCUT2D eigenvalue weighted by Gasteiger charge is 2.06. The molecule has 14 heavy (non-hydrogen) atoms. The Morgan fingerprint density at radius 2 is 2.29 bits per heavy atom. The Bertz CT molecular complexity index is 499. The Morgan fingerprint density at radius 3 is 2.86 bits per heavy atom. The highest BCUT2D eigenvalue weighted by molar-refractivity contribution is 7.71. The first-order valence-electron chi connectivity index (χ1n) is 3.85. The fraction of sp³-hybridized carbons (Fsp3) is 0.125. The van der Waals surface area contributed by atoms with Crippen LogP contribution < -0.4 is 0 Å². The summed E-state index contributed by atoms with van der Waals surface area (Å²) in [5.74, 6) is 0.419. The molecule has 0 atom stereocenters. The van der Waals surface area contributed by atoms with Gasteiger partial charge >= 0.3 is 0 Å². The van der Waals surface area contributed by atoms with Crippen molar-refractivity contribution in [2.75, 3.05) is 0 Å². The number of aromatic nitrogens is 3. The summed E-state index contributed by atoms with van der Waals surface area (Å²) >= 11 is 10.6. The Kier molecular flexibility index (Phi) is 2.35. The number of pyridine rings is 1. The molecule has 1 N–H and O–H groups in total. The maximum atomic E-state index is 5.79. The van der Waals surface area contributed by atoms with E-state index >= 15 is 0 Å². The summed E-state index contributed by atoms with van der Waals surface area (Å²) in [5.41, 5.74) is 1.56. The van der Waals surface area contributed by atoms with Gasteiger partial charge in [-0.25, -0.2) is 10.1 Å². The third kappa shape index (κ3) is 1.83. The summed E-state index contributed by atoms with van der Waals surface area (Å²) in [7, 11) is 0. The van der Waals surface area contributed by atoms with Gasteiger partial charge in [0.1, 0.15) is 5.15 Å². The van der Waals surface area contributed by atoms with E-state index in [-0.39, 0.29) is 4.84 Å². The van der Waals surface area contributed by atoms with Crippen LogP contribution in [-0.4, -0.2) is 15.2 Å². The highest BCUT2D eigenvalue weighted by atomic mass is 35.5. The van der Waals surface area contributed by atoms with Crippen LogP contribution in [0.25, 0.3) is 11.5 Å². The number of rotatable bonds is 1. The van der Waals surface area contributed by atoms with Crippen LogP contribution in [0.3, 0.4) is 0 Å². The lowest BCUT2D eigenvalue weighted by molar-refractivity contribution is 0.552. The van der Waals surface area contributed by atoms with E-state index in [1.165, 1.54) is 0 Å². The molecule has 0 bridgehead atoms. The molecule has 0 saturated heterocycles.